The van der Waals surface area contributed by atoms with Crippen LogP contribution in [0, 0.1) is 0 Å². The van der Waals surface area contributed by atoms with Gasteiger partial charge in [0.1, 0.15) is 4.32 Å². The Morgan fingerprint density at radius 1 is 1.25 bits per heavy atom. The standard InChI is InChI=1S/C16H20N2S2/c19-16-17(9-10-20-16)11-18(13-6-7-13)15-8-5-12-3-1-2-4-14(12)15/h1-4,13,15H,5-11H2/t15-/m1/s1. The number of nitrogens with zero attached hydrogens (tertiary/aromatic N) is 2. The SMILES string of the molecule is S=C1SCCN1CN(C1CC1)[C@@H]1CCc2ccccc21. The van der Waals surface area contributed by atoms with E-state index in [1.54, 1.807) is 11.1 Å². The van der Waals surface area contributed by atoms with Crippen molar-refractivity contribution in [3.8, 4) is 0 Å². The van der Waals surface area contributed by atoms with Crippen LogP contribution in [0.15, 0.2) is 24.3 Å². The molecule has 1 aromatic carbocycles. The van der Waals surface area contributed by atoms with Gasteiger partial charge in [0.15, 0.2) is 0 Å². The van der Waals surface area contributed by atoms with E-state index in [4.69, 9.17) is 12.2 Å². The van der Waals surface area contributed by atoms with Gasteiger partial charge >= 0.3 is 0 Å². The second-order valence-electron chi connectivity index (χ2n) is 6.02. The lowest BCUT2D eigenvalue weighted by Crippen LogP contribution is -2.41. The minimum atomic E-state index is 0.618. The molecule has 106 valence electrons. The lowest BCUT2D eigenvalue weighted by Gasteiger charge is -2.33. The average molecular weight is 304 g/mol. The lowest BCUT2D eigenvalue weighted by atomic mass is 10.1. The molecule has 0 unspecified atom stereocenters. The second kappa shape index (κ2) is 5.32. The Labute approximate surface area is 130 Å². The molecule has 4 rings (SSSR count). The maximum atomic E-state index is 5.48. The van der Waals surface area contributed by atoms with Gasteiger partial charge in [0, 0.05) is 24.4 Å². The number of aryl methyl sites for hydroxylation is 1. The van der Waals surface area contributed by atoms with Crippen LogP contribution in [0.4, 0.5) is 0 Å². The Balaban J connectivity index is 1.56. The van der Waals surface area contributed by atoms with Crippen LogP contribution in [-0.2, 0) is 6.42 Å². The number of hydrogen-bond donors (Lipinski definition) is 0. The van der Waals surface area contributed by atoms with Crippen molar-refractivity contribution in [1.82, 2.24) is 9.80 Å². The summed E-state index contributed by atoms with van der Waals surface area (Å²) in [6, 6.07) is 10.4. The highest BCUT2D eigenvalue weighted by molar-refractivity contribution is 8.23. The molecule has 0 spiro atoms. The molecule has 2 nitrogen and oxygen atoms in total. The summed E-state index contributed by atoms with van der Waals surface area (Å²) in [7, 11) is 0. The Hall–Kier alpha value is -0.580. The molecule has 1 aliphatic heterocycles. The van der Waals surface area contributed by atoms with Crippen LogP contribution in [0.2, 0.25) is 0 Å². The number of thiocarbonyl (C=S) groups is 1. The third kappa shape index (κ3) is 2.38. The van der Waals surface area contributed by atoms with Gasteiger partial charge in [0.2, 0.25) is 0 Å². The predicted molar refractivity (Wildman–Crippen MR) is 89.0 cm³/mol. The van der Waals surface area contributed by atoms with E-state index >= 15 is 0 Å². The summed E-state index contributed by atoms with van der Waals surface area (Å²) in [5.41, 5.74) is 3.12. The first-order valence-electron chi connectivity index (χ1n) is 7.58. The quantitative estimate of drug-likeness (QED) is 0.786. The summed E-state index contributed by atoms with van der Waals surface area (Å²) in [6.45, 7) is 2.16. The van der Waals surface area contributed by atoms with Gasteiger partial charge in [-0.05, 0) is 36.8 Å². The van der Waals surface area contributed by atoms with Gasteiger partial charge in [-0.1, -0.05) is 48.2 Å². The van der Waals surface area contributed by atoms with E-state index in [0.29, 0.717) is 6.04 Å². The van der Waals surface area contributed by atoms with E-state index in [-0.39, 0.29) is 0 Å². The lowest BCUT2D eigenvalue weighted by molar-refractivity contribution is 0.130. The van der Waals surface area contributed by atoms with Gasteiger partial charge in [-0.15, -0.1) is 0 Å². The summed E-state index contributed by atoms with van der Waals surface area (Å²) in [5.74, 6) is 1.17. The molecule has 1 heterocycles. The maximum Gasteiger partial charge on any atom is 0.137 e. The molecule has 2 aliphatic carbocycles. The van der Waals surface area contributed by atoms with Crippen molar-refractivity contribution >= 4 is 28.3 Å². The zero-order valence-corrected chi connectivity index (χ0v) is 13.3. The van der Waals surface area contributed by atoms with E-state index in [9.17, 15) is 0 Å². The topological polar surface area (TPSA) is 6.48 Å². The van der Waals surface area contributed by atoms with Gasteiger partial charge in [0.25, 0.3) is 0 Å². The fourth-order valence-corrected chi connectivity index (χ4v) is 4.72. The Morgan fingerprint density at radius 2 is 2.10 bits per heavy atom. The van der Waals surface area contributed by atoms with Gasteiger partial charge in [0.05, 0.1) is 6.67 Å². The zero-order chi connectivity index (χ0) is 13.5. The first-order valence-corrected chi connectivity index (χ1v) is 8.97. The Kier molecular flexibility index (Phi) is 3.49. The van der Waals surface area contributed by atoms with E-state index in [0.717, 1.165) is 23.6 Å². The number of fused-ring (bicyclic) bond motifs is 1. The number of thioether (sulfide) groups is 1. The molecule has 20 heavy (non-hydrogen) atoms. The molecular weight excluding hydrogens is 284 g/mol. The van der Waals surface area contributed by atoms with E-state index in [1.165, 1.54) is 31.4 Å². The molecule has 1 saturated carbocycles. The number of benzene rings is 1. The van der Waals surface area contributed by atoms with Crippen molar-refractivity contribution in [1.29, 1.82) is 0 Å². The van der Waals surface area contributed by atoms with E-state index in [1.807, 2.05) is 11.8 Å². The summed E-state index contributed by atoms with van der Waals surface area (Å²) in [4.78, 5) is 5.13. The normalized spacial score (nSPS) is 25.6. The highest BCUT2D eigenvalue weighted by Crippen LogP contribution is 2.42. The van der Waals surface area contributed by atoms with Crippen LogP contribution < -0.4 is 0 Å². The van der Waals surface area contributed by atoms with Gasteiger partial charge in [-0.2, -0.15) is 0 Å². The van der Waals surface area contributed by atoms with E-state index in [2.05, 4.69) is 34.1 Å². The summed E-state index contributed by atoms with van der Waals surface area (Å²) < 4.78 is 1.10. The summed E-state index contributed by atoms with van der Waals surface area (Å²) in [5, 5.41) is 0. The molecule has 0 radical (unpaired) electrons. The summed E-state index contributed by atoms with van der Waals surface area (Å²) >= 11 is 7.32. The van der Waals surface area contributed by atoms with Crippen molar-refractivity contribution in [3.63, 3.8) is 0 Å². The highest BCUT2D eigenvalue weighted by atomic mass is 32.2. The molecule has 1 saturated heterocycles. The molecule has 0 amide bonds. The van der Waals surface area contributed by atoms with Crippen LogP contribution in [-0.4, -0.2) is 39.1 Å². The maximum absolute atomic E-state index is 5.48. The molecule has 1 aromatic rings. The minimum Gasteiger partial charge on any atom is -0.344 e. The van der Waals surface area contributed by atoms with Crippen molar-refractivity contribution in [3.05, 3.63) is 35.4 Å². The predicted octanol–water partition coefficient (Wildman–Crippen LogP) is 3.43. The monoisotopic (exact) mass is 304 g/mol. The van der Waals surface area contributed by atoms with Crippen LogP contribution in [0.25, 0.3) is 0 Å². The fraction of sp³-hybridized carbons (Fsp3) is 0.562. The van der Waals surface area contributed by atoms with Crippen molar-refractivity contribution < 1.29 is 0 Å². The van der Waals surface area contributed by atoms with Crippen LogP contribution in [0.5, 0.6) is 0 Å². The minimum absolute atomic E-state index is 0.618. The molecule has 0 N–H and O–H groups in total. The third-order valence-electron chi connectivity index (χ3n) is 4.70. The third-order valence-corrected chi connectivity index (χ3v) is 6.20. The first kappa shape index (κ1) is 13.1. The Morgan fingerprint density at radius 3 is 2.85 bits per heavy atom. The molecule has 4 heteroatoms. The molecule has 2 fully saturated rings. The van der Waals surface area contributed by atoms with Gasteiger partial charge < -0.3 is 4.90 Å². The highest BCUT2D eigenvalue weighted by Gasteiger charge is 2.38. The molecule has 1 atom stereocenters. The molecule has 0 bridgehead atoms. The largest absolute Gasteiger partial charge is 0.344 e. The smallest absolute Gasteiger partial charge is 0.137 e. The molecule has 0 aromatic heterocycles. The first-order chi connectivity index (χ1) is 9.83. The fourth-order valence-electron chi connectivity index (χ4n) is 3.51. The van der Waals surface area contributed by atoms with Crippen molar-refractivity contribution in [2.45, 2.75) is 37.8 Å². The average Bonchev–Trinajstić information content (AvgIpc) is 3.10. The van der Waals surface area contributed by atoms with Crippen LogP contribution in [0.3, 0.4) is 0 Å². The van der Waals surface area contributed by atoms with Crippen LogP contribution >= 0.6 is 24.0 Å². The summed E-state index contributed by atoms with van der Waals surface area (Å²) in [6.07, 6.45) is 5.26. The Bertz CT molecular complexity index is 527. The van der Waals surface area contributed by atoms with E-state index < -0.39 is 0 Å². The number of hydrogen-bond acceptors (Lipinski definition) is 3. The molecular formula is C16H20N2S2. The second-order valence-corrected chi connectivity index (χ2v) is 7.75. The van der Waals surface area contributed by atoms with Crippen LogP contribution in [0.1, 0.15) is 36.4 Å². The van der Waals surface area contributed by atoms with Crippen molar-refractivity contribution in [2.75, 3.05) is 19.0 Å². The van der Waals surface area contributed by atoms with Gasteiger partial charge in [-0.3, -0.25) is 4.90 Å². The van der Waals surface area contributed by atoms with Crippen molar-refractivity contribution in [2.24, 2.45) is 0 Å². The molecule has 3 aliphatic rings. The zero-order valence-electron chi connectivity index (χ0n) is 11.6. The van der Waals surface area contributed by atoms with Gasteiger partial charge in [-0.25, -0.2) is 0 Å². The number of rotatable bonds is 4.